The van der Waals surface area contributed by atoms with Gasteiger partial charge in [-0.05, 0) is 26.0 Å². The number of nitrogens with zero attached hydrogens (tertiary/aromatic N) is 2. The van der Waals surface area contributed by atoms with E-state index in [0.29, 0.717) is 12.4 Å². The van der Waals surface area contributed by atoms with Crippen molar-refractivity contribution in [1.82, 2.24) is 9.55 Å². The second-order valence-corrected chi connectivity index (χ2v) is 4.32. The first-order chi connectivity index (χ1) is 9.11. The van der Waals surface area contributed by atoms with Crippen LogP contribution in [0, 0.1) is 5.82 Å². The molecule has 0 aliphatic rings. The van der Waals surface area contributed by atoms with E-state index in [9.17, 15) is 9.50 Å². The van der Waals surface area contributed by atoms with Crippen molar-refractivity contribution in [3.63, 3.8) is 0 Å². The minimum absolute atomic E-state index is 0.269. The summed E-state index contributed by atoms with van der Waals surface area (Å²) in [6, 6.07) is 4.47. The Kier molecular flexibility index (Phi) is 4.16. The molecule has 1 atom stereocenters. The molecule has 19 heavy (non-hydrogen) atoms. The molecule has 2 rings (SSSR count). The normalized spacial score (nSPS) is 12.4. The summed E-state index contributed by atoms with van der Waals surface area (Å²) >= 11 is 0. The van der Waals surface area contributed by atoms with E-state index >= 15 is 0 Å². The number of aryl methyl sites for hydroxylation is 1. The molecule has 4 nitrogen and oxygen atoms in total. The number of halogens is 1. The molecule has 0 saturated carbocycles. The van der Waals surface area contributed by atoms with Crippen LogP contribution in [0.5, 0.6) is 5.75 Å². The first-order valence-electron chi connectivity index (χ1n) is 6.21. The number of aliphatic hydroxyl groups is 1. The van der Waals surface area contributed by atoms with Gasteiger partial charge in [0, 0.05) is 18.2 Å². The second kappa shape index (κ2) is 5.84. The van der Waals surface area contributed by atoms with E-state index in [1.165, 1.54) is 19.1 Å². The predicted octanol–water partition coefficient (Wildman–Crippen LogP) is 2.67. The number of benzene rings is 1. The van der Waals surface area contributed by atoms with Crippen LogP contribution in [0.15, 0.2) is 30.7 Å². The zero-order valence-electron chi connectivity index (χ0n) is 11.0. The van der Waals surface area contributed by atoms with Gasteiger partial charge in [-0.25, -0.2) is 9.37 Å². The van der Waals surface area contributed by atoms with Gasteiger partial charge in [0.15, 0.2) is 0 Å². The second-order valence-electron chi connectivity index (χ2n) is 4.32. The van der Waals surface area contributed by atoms with Crippen molar-refractivity contribution >= 4 is 0 Å². The molecular weight excluding hydrogens is 247 g/mol. The van der Waals surface area contributed by atoms with E-state index in [1.807, 2.05) is 11.5 Å². The van der Waals surface area contributed by atoms with Gasteiger partial charge in [0.1, 0.15) is 18.2 Å². The van der Waals surface area contributed by atoms with E-state index in [-0.39, 0.29) is 5.56 Å². The van der Waals surface area contributed by atoms with Gasteiger partial charge in [0.2, 0.25) is 0 Å². The minimum atomic E-state index is -0.824. The number of aromatic nitrogens is 2. The third-order valence-electron chi connectivity index (χ3n) is 2.95. The lowest BCUT2D eigenvalue weighted by molar-refractivity contribution is 0.193. The van der Waals surface area contributed by atoms with Crippen molar-refractivity contribution in [1.29, 1.82) is 0 Å². The van der Waals surface area contributed by atoms with Crippen molar-refractivity contribution in [3.8, 4) is 5.75 Å². The van der Waals surface area contributed by atoms with Crippen molar-refractivity contribution in [2.24, 2.45) is 0 Å². The van der Waals surface area contributed by atoms with Crippen LogP contribution in [0.25, 0.3) is 0 Å². The average Bonchev–Trinajstić information content (AvgIpc) is 2.83. The van der Waals surface area contributed by atoms with E-state index in [4.69, 9.17) is 4.74 Å². The molecule has 0 aliphatic heterocycles. The molecule has 1 aromatic heterocycles. The fraction of sp³-hybridized carbons (Fsp3) is 0.357. The van der Waals surface area contributed by atoms with Gasteiger partial charge in [-0.15, -0.1) is 0 Å². The Balaban J connectivity index is 2.06. The van der Waals surface area contributed by atoms with Gasteiger partial charge in [-0.2, -0.15) is 0 Å². The maximum atomic E-state index is 13.7. The molecule has 0 amide bonds. The van der Waals surface area contributed by atoms with E-state index in [1.54, 1.807) is 18.6 Å². The lowest BCUT2D eigenvalue weighted by Crippen LogP contribution is -2.04. The maximum Gasteiger partial charge on any atom is 0.132 e. The monoisotopic (exact) mass is 264 g/mol. The van der Waals surface area contributed by atoms with Crippen molar-refractivity contribution < 1.29 is 14.2 Å². The average molecular weight is 264 g/mol. The van der Waals surface area contributed by atoms with Crippen LogP contribution in [0.2, 0.25) is 0 Å². The highest BCUT2D eigenvalue weighted by atomic mass is 19.1. The molecular formula is C14H17FN2O2. The molecule has 1 aromatic carbocycles. The summed E-state index contributed by atoms with van der Waals surface area (Å²) in [4.78, 5) is 4.04. The van der Waals surface area contributed by atoms with Crippen molar-refractivity contribution in [3.05, 3.63) is 47.8 Å². The number of rotatable bonds is 5. The van der Waals surface area contributed by atoms with E-state index < -0.39 is 11.9 Å². The summed E-state index contributed by atoms with van der Waals surface area (Å²) in [6.45, 7) is 4.69. The summed E-state index contributed by atoms with van der Waals surface area (Å²) in [7, 11) is 0. The summed E-state index contributed by atoms with van der Waals surface area (Å²) in [5.74, 6) is -0.0257. The fourth-order valence-corrected chi connectivity index (χ4v) is 1.85. The Morgan fingerprint density at radius 3 is 2.89 bits per heavy atom. The Labute approximate surface area is 111 Å². The molecule has 102 valence electrons. The van der Waals surface area contributed by atoms with Crippen LogP contribution in [0.4, 0.5) is 4.39 Å². The Morgan fingerprint density at radius 1 is 1.47 bits per heavy atom. The zero-order valence-corrected chi connectivity index (χ0v) is 11.0. The van der Waals surface area contributed by atoms with Gasteiger partial charge in [0.05, 0.1) is 24.3 Å². The first-order valence-corrected chi connectivity index (χ1v) is 6.21. The van der Waals surface area contributed by atoms with E-state index in [0.717, 1.165) is 12.2 Å². The van der Waals surface area contributed by atoms with Crippen LogP contribution < -0.4 is 4.74 Å². The van der Waals surface area contributed by atoms with Gasteiger partial charge >= 0.3 is 0 Å². The summed E-state index contributed by atoms with van der Waals surface area (Å²) in [6.07, 6.45) is 2.63. The molecule has 5 heteroatoms. The molecule has 0 unspecified atom stereocenters. The molecule has 0 aliphatic carbocycles. The number of aliphatic hydroxyl groups excluding tert-OH is 1. The van der Waals surface area contributed by atoms with Crippen molar-refractivity contribution in [2.45, 2.75) is 33.1 Å². The summed E-state index contributed by atoms with van der Waals surface area (Å²) in [5, 5.41) is 9.35. The van der Waals surface area contributed by atoms with Crippen LogP contribution in [-0.2, 0) is 13.2 Å². The molecule has 1 heterocycles. The maximum absolute atomic E-state index is 13.7. The third-order valence-corrected chi connectivity index (χ3v) is 2.95. The fourth-order valence-electron chi connectivity index (χ4n) is 1.85. The lowest BCUT2D eigenvalue weighted by atomic mass is 10.1. The largest absolute Gasteiger partial charge is 0.487 e. The number of ether oxygens (including phenoxy) is 1. The number of hydrogen-bond donors (Lipinski definition) is 1. The summed E-state index contributed by atoms with van der Waals surface area (Å²) < 4.78 is 21.1. The zero-order chi connectivity index (χ0) is 13.8. The van der Waals surface area contributed by atoms with Crippen LogP contribution in [0.1, 0.15) is 31.2 Å². The van der Waals surface area contributed by atoms with E-state index in [2.05, 4.69) is 4.98 Å². The Bertz CT molecular complexity index is 552. The molecule has 0 fully saturated rings. The minimum Gasteiger partial charge on any atom is -0.487 e. The van der Waals surface area contributed by atoms with Gasteiger partial charge < -0.3 is 14.4 Å². The van der Waals surface area contributed by atoms with Crippen LogP contribution >= 0.6 is 0 Å². The van der Waals surface area contributed by atoms with Gasteiger partial charge in [0.25, 0.3) is 0 Å². The third kappa shape index (κ3) is 3.12. The predicted molar refractivity (Wildman–Crippen MR) is 69.3 cm³/mol. The molecule has 0 bridgehead atoms. The lowest BCUT2D eigenvalue weighted by Gasteiger charge is -2.10. The smallest absolute Gasteiger partial charge is 0.132 e. The number of imidazole rings is 1. The van der Waals surface area contributed by atoms with Crippen LogP contribution in [0.3, 0.4) is 0 Å². The first kappa shape index (κ1) is 13.5. The topological polar surface area (TPSA) is 47.3 Å². The van der Waals surface area contributed by atoms with Crippen molar-refractivity contribution in [2.75, 3.05) is 0 Å². The highest BCUT2D eigenvalue weighted by molar-refractivity contribution is 5.30. The highest BCUT2D eigenvalue weighted by Gasteiger charge is 2.09. The SMILES string of the molecule is CCn1cncc1COc1ccc([C@@H](C)O)c(F)c1. The quantitative estimate of drug-likeness (QED) is 0.903. The molecule has 1 N–H and O–H groups in total. The Hall–Kier alpha value is -1.88. The molecule has 0 spiro atoms. The van der Waals surface area contributed by atoms with Gasteiger partial charge in [-0.3, -0.25) is 0 Å². The molecule has 0 radical (unpaired) electrons. The summed E-state index contributed by atoms with van der Waals surface area (Å²) in [5.41, 5.74) is 1.20. The standard InChI is InChI=1S/C14H17FN2O2/c1-3-17-9-16-7-11(17)8-19-12-4-5-13(10(2)18)14(15)6-12/h4-7,9-10,18H,3,8H2,1-2H3/t10-/m1/s1. The number of hydrogen-bond acceptors (Lipinski definition) is 3. The van der Waals surface area contributed by atoms with Gasteiger partial charge in [-0.1, -0.05) is 0 Å². The Morgan fingerprint density at radius 2 is 2.26 bits per heavy atom. The van der Waals surface area contributed by atoms with Crippen LogP contribution in [-0.4, -0.2) is 14.7 Å². The molecule has 0 saturated heterocycles. The molecule has 2 aromatic rings. The highest BCUT2D eigenvalue weighted by Crippen LogP contribution is 2.22.